The molecule has 1 aromatic rings. The highest BCUT2D eigenvalue weighted by molar-refractivity contribution is 5.71. The van der Waals surface area contributed by atoms with Crippen molar-refractivity contribution in [2.75, 3.05) is 13.7 Å². The molecule has 3 unspecified atom stereocenters. The molecule has 0 aliphatic carbocycles. The molecule has 1 N–H and O–H groups in total. The van der Waals surface area contributed by atoms with Gasteiger partial charge < -0.3 is 9.84 Å². The van der Waals surface area contributed by atoms with Gasteiger partial charge in [0, 0.05) is 12.1 Å². The van der Waals surface area contributed by atoms with Crippen LogP contribution in [0.2, 0.25) is 0 Å². The van der Waals surface area contributed by atoms with Crippen LogP contribution in [0.5, 0.6) is 5.75 Å². The van der Waals surface area contributed by atoms with E-state index in [-0.39, 0.29) is 18.0 Å². The number of carboxylic acids is 1. The first-order valence-electron chi connectivity index (χ1n) is 7.21. The summed E-state index contributed by atoms with van der Waals surface area (Å²) in [4.78, 5) is 13.6. The van der Waals surface area contributed by atoms with Crippen LogP contribution in [0, 0.1) is 5.92 Å². The molecule has 2 rings (SSSR count). The van der Waals surface area contributed by atoms with Gasteiger partial charge in [-0.1, -0.05) is 19.1 Å². The molecule has 4 nitrogen and oxygen atoms in total. The van der Waals surface area contributed by atoms with Crippen molar-refractivity contribution in [2.45, 2.75) is 38.8 Å². The number of ether oxygens (including phenoxy) is 1. The maximum absolute atomic E-state index is 11.2. The average Bonchev–Trinajstić information content (AvgIpc) is 2.83. The zero-order valence-electron chi connectivity index (χ0n) is 12.4. The van der Waals surface area contributed by atoms with E-state index in [0.717, 1.165) is 25.1 Å². The number of carboxylic acid groups (broad SMARTS) is 1. The lowest BCUT2D eigenvalue weighted by Crippen LogP contribution is -2.35. The van der Waals surface area contributed by atoms with Gasteiger partial charge in [0.25, 0.3) is 0 Å². The quantitative estimate of drug-likeness (QED) is 0.899. The Morgan fingerprint density at radius 3 is 2.55 bits per heavy atom. The van der Waals surface area contributed by atoms with Crippen molar-refractivity contribution in [3.05, 3.63) is 29.8 Å². The lowest BCUT2D eigenvalue weighted by molar-refractivity contribution is -0.142. The summed E-state index contributed by atoms with van der Waals surface area (Å²) in [6, 6.07) is 8.45. The second-order valence-electron chi connectivity index (χ2n) is 5.41. The molecule has 0 amide bonds. The second-order valence-corrected chi connectivity index (χ2v) is 5.41. The Hall–Kier alpha value is -1.55. The standard InChI is InChI=1S/C16H23NO3/c1-4-15(12-5-7-13(20-3)8-6-12)17-10-9-14(11(17)2)16(18)19/h5-8,11,14-15H,4,9-10H2,1-3H3,(H,18,19). The van der Waals surface area contributed by atoms with E-state index in [9.17, 15) is 9.90 Å². The zero-order chi connectivity index (χ0) is 14.7. The van der Waals surface area contributed by atoms with Gasteiger partial charge in [0.15, 0.2) is 0 Å². The molecular formula is C16H23NO3. The summed E-state index contributed by atoms with van der Waals surface area (Å²) < 4.78 is 5.19. The van der Waals surface area contributed by atoms with Gasteiger partial charge in [-0.15, -0.1) is 0 Å². The molecule has 0 aromatic heterocycles. The van der Waals surface area contributed by atoms with Crippen molar-refractivity contribution in [2.24, 2.45) is 5.92 Å². The summed E-state index contributed by atoms with van der Waals surface area (Å²) in [6.07, 6.45) is 1.71. The molecule has 1 heterocycles. The lowest BCUT2D eigenvalue weighted by atomic mass is 9.99. The molecule has 1 aliphatic rings. The highest BCUT2D eigenvalue weighted by atomic mass is 16.5. The number of likely N-dealkylation sites (tertiary alicyclic amines) is 1. The van der Waals surface area contributed by atoms with Crippen molar-refractivity contribution in [1.29, 1.82) is 0 Å². The van der Waals surface area contributed by atoms with Crippen LogP contribution in [0.15, 0.2) is 24.3 Å². The summed E-state index contributed by atoms with van der Waals surface area (Å²) in [5.74, 6) is -0.0756. The number of hydrogen-bond donors (Lipinski definition) is 1. The van der Waals surface area contributed by atoms with Crippen LogP contribution in [0.3, 0.4) is 0 Å². The van der Waals surface area contributed by atoms with E-state index in [4.69, 9.17) is 4.74 Å². The third kappa shape index (κ3) is 2.80. The highest BCUT2D eigenvalue weighted by Gasteiger charge is 2.38. The van der Waals surface area contributed by atoms with E-state index in [1.807, 2.05) is 19.1 Å². The van der Waals surface area contributed by atoms with Gasteiger partial charge in [-0.3, -0.25) is 9.69 Å². The SMILES string of the molecule is CCC(c1ccc(OC)cc1)N1CCC(C(=O)O)C1C. The Bertz CT molecular complexity index is 457. The Kier molecular flexibility index (Phi) is 4.65. The normalized spacial score (nSPS) is 24.6. The largest absolute Gasteiger partial charge is 0.497 e. The Morgan fingerprint density at radius 1 is 1.45 bits per heavy atom. The van der Waals surface area contributed by atoms with Crippen LogP contribution in [-0.2, 0) is 4.79 Å². The first kappa shape index (κ1) is 14.9. The summed E-state index contributed by atoms with van der Waals surface area (Å²) in [7, 11) is 1.66. The van der Waals surface area contributed by atoms with Crippen molar-refractivity contribution < 1.29 is 14.6 Å². The predicted molar refractivity (Wildman–Crippen MR) is 77.9 cm³/mol. The number of aliphatic carboxylic acids is 1. The molecule has 110 valence electrons. The molecule has 4 heteroatoms. The zero-order valence-corrected chi connectivity index (χ0v) is 12.4. The molecule has 3 atom stereocenters. The predicted octanol–water partition coefficient (Wildman–Crippen LogP) is 2.94. The maximum Gasteiger partial charge on any atom is 0.308 e. The maximum atomic E-state index is 11.2. The van der Waals surface area contributed by atoms with Crippen LogP contribution in [0.25, 0.3) is 0 Å². The number of benzene rings is 1. The average molecular weight is 277 g/mol. The van der Waals surface area contributed by atoms with E-state index in [1.54, 1.807) is 7.11 Å². The van der Waals surface area contributed by atoms with Gasteiger partial charge in [0.2, 0.25) is 0 Å². The fourth-order valence-corrected chi connectivity index (χ4v) is 3.22. The minimum atomic E-state index is -0.676. The number of rotatable bonds is 5. The molecule has 20 heavy (non-hydrogen) atoms. The smallest absolute Gasteiger partial charge is 0.308 e. The molecule has 1 aromatic carbocycles. The number of carbonyl (C=O) groups is 1. The molecule has 1 fully saturated rings. The molecule has 0 radical (unpaired) electrons. The fraction of sp³-hybridized carbons (Fsp3) is 0.562. The minimum absolute atomic E-state index is 0.0829. The Morgan fingerprint density at radius 2 is 2.10 bits per heavy atom. The Labute approximate surface area is 120 Å². The molecular weight excluding hydrogens is 254 g/mol. The van der Waals surface area contributed by atoms with E-state index < -0.39 is 5.97 Å². The van der Waals surface area contributed by atoms with Gasteiger partial charge in [-0.25, -0.2) is 0 Å². The molecule has 0 bridgehead atoms. The van der Waals surface area contributed by atoms with Crippen LogP contribution >= 0.6 is 0 Å². The summed E-state index contributed by atoms with van der Waals surface area (Å²) in [6.45, 7) is 5.02. The number of hydrogen-bond acceptors (Lipinski definition) is 3. The third-order valence-corrected chi connectivity index (χ3v) is 4.41. The number of nitrogens with zero attached hydrogens (tertiary/aromatic N) is 1. The number of methoxy groups -OCH3 is 1. The van der Waals surface area contributed by atoms with E-state index in [2.05, 4.69) is 24.0 Å². The summed E-state index contributed by atoms with van der Waals surface area (Å²) in [5, 5.41) is 9.25. The van der Waals surface area contributed by atoms with Crippen LogP contribution in [0.1, 0.15) is 38.3 Å². The molecule has 0 saturated carbocycles. The topological polar surface area (TPSA) is 49.8 Å². The molecule has 0 spiro atoms. The van der Waals surface area contributed by atoms with Gasteiger partial charge in [0.1, 0.15) is 5.75 Å². The minimum Gasteiger partial charge on any atom is -0.497 e. The molecule has 1 saturated heterocycles. The van der Waals surface area contributed by atoms with Crippen molar-refractivity contribution in [1.82, 2.24) is 4.90 Å². The van der Waals surface area contributed by atoms with Crippen LogP contribution < -0.4 is 4.74 Å². The molecule has 1 aliphatic heterocycles. The van der Waals surface area contributed by atoms with E-state index in [1.165, 1.54) is 5.56 Å². The van der Waals surface area contributed by atoms with E-state index >= 15 is 0 Å². The van der Waals surface area contributed by atoms with Crippen molar-refractivity contribution >= 4 is 5.97 Å². The van der Waals surface area contributed by atoms with Gasteiger partial charge in [-0.2, -0.15) is 0 Å². The van der Waals surface area contributed by atoms with E-state index in [0.29, 0.717) is 0 Å². The second kappa shape index (κ2) is 6.27. The van der Waals surface area contributed by atoms with Crippen LogP contribution in [-0.4, -0.2) is 35.7 Å². The van der Waals surface area contributed by atoms with Gasteiger partial charge in [-0.05, 0) is 44.0 Å². The third-order valence-electron chi connectivity index (χ3n) is 4.41. The first-order chi connectivity index (χ1) is 9.58. The lowest BCUT2D eigenvalue weighted by Gasteiger charge is -2.32. The highest BCUT2D eigenvalue weighted by Crippen LogP contribution is 2.35. The van der Waals surface area contributed by atoms with Crippen LogP contribution in [0.4, 0.5) is 0 Å². The monoisotopic (exact) mass is 277 g/mol. The van der Waals surface area contributed by atoms with Gasteiger partial charge >= 0.3 is 5.97 Å². The van der Waals surface area contributed by atoms with Crippen molar-refractivity contribution in [3.63, 3.8) is 0 Å². The fourth-order valence-electron chi connectivity index (χ4n) is 3.22. The van der Waals surface area contributed by atoms with Gasteiger partial charge in [0.05, 0.1) is 13.0 Å². The summed E-state index contributed by atoms with van der Waals surface area (Å²) in [5.41, 5.74) is 1.23. The first-order valence-corrected chi connectivity index (χ1v) is 7.21. The Balaban J connectivity index is 2.17. The van der Waals surface area contributed by atoms with Crippen molar-refractivity contribution in [3.8, 4) is 5.75 Å². The summed E-state index contributed by atoms with van der Waals surface area (Å²) >= 11 is 0.